The van der Waals surface area contributed by atoms with Crippen LogP contribution in [0.15, 0.2) is 47.6 Å². The molecule has 0 saturated carbocycles. The van der Waals surface area contributed by atoms with Crippen molar-refractivity contribution in [2.45, 2.75) is 39.3 Å². The van der Waals surface area contributed by atoms with Crippen molar-refractivity contribution in [2.24, 2.45) is 4.99 Å². The van der Waals surface area contributed by atoms with Crippen LogP contribution < -0.4 is 15.5 Å². The zero-order valence-electron chi connectivity index (χ0n) is 15.8. The molecule has 0 bridgehead atoms. The third-order valence-corrected chi connectivity index (χ3v) is 4.88. The maximum absolute atomic E-state index is 4.55. The first-order valence-electron chi connectivity index (χ1n) is 9.45. The second kappa shape index (κ2) is 9.22. The smallest absolute Gasteiger partial charge is 0.191 e. The van der Waals surface area contributed by atoms with Gasteiger partial charge < -0.3 is 15.5 Å². The molecular formula is C21H29N5. The van der Waals surface area contributed by atoms with Gasteiger partial charge in [-0.05, 0) is 55.0 Å². The number of hydrogen-bond acceptors (Lipinski definition) is 3. The fourth-order valence-electron chi connectivity index (χ4n) is 3.26. The summed E-state index contributed by atoms with van der Waals surface area (Å²) in [7, 11) is 1.80. The number of nitrogens with one attached hydrogen (secondary N) is 2. The van der Waals surface area contributed by atoms with Crippen molar-refractivity contribution in [1.29, 1.82) is 0 Å². The number of rotatable bonds is 5. The molecule has 1 aliphatic rings. The Kier molecular flexibility index (Phi) is 6.47. The van der Waals surface area contributed by atoms with E-state index >= 15 is 0 Å². The summed E-state index contributed by atoms with van der Waals surface area (Å²) in [4.78, 5) is 11.3. The van der Waals surface area contributed by atoms with E-state index in [0.717, 1.165) is 38.0 Å². The van der Waals surface area contributed by atoms with Crippen molar-refractivity contribution >= 4 is 11.8 Å². The second-order valence-electron chi connectivity index (χ2n) is 6.78. The van der Waals surface area contributed by atoms with Gasteiger partial charge in [0.1, 0.15) is 5.82 Å². The first kappa shape index (κ1) is 18.2. The molecule has 2 N–H and O–H groups in total. The SMILES string of the molecule is CN=C(NCc1ccnc(N2CCCCC2)c1)NCc1ccccc1C. The number of hydrogen-bond donors (Lipinski definition) is 2. The van der Waals surface area contributed by atoms with E-state index in [1.165, 1.54) is 36.0 Å². The Bertz CT molecular complexity index is 735. The molecule has 0 aliphatic carbocycles. The first-order chi connectivity index (χ1) is 12.8. The molecule has 0 amide bonds. The number of benzene rings is 1. The molecule has 1 aliphatic heterocycles. The summed E-state index contributed by atoms with van der Waals surface area (Å²) in [5.74, 6) is 1.90. The number of nitrogens with zero attached hydrogens (tertiary/aromatic N) is 3. The van der Waals surface area contributed by atoms with Crippen molar-refractivity contribution in [3.8, 4) is 0 Å². The summed E-state index contributed by atoms with van der Waals surface area (Å²) >= 11 is 0. The normalized spacial score (nSPS) is 15.0. The van der Waals surface area contributed by atoms with Crippen LogP contribution in [0.5, 0.6) is 0 Å². The summed E-state index contributed by atoms with van der Waals surface area (Å²) in [5.41, 5.74) is 3.79. The Labute approximate surface area is 156 Å². The Morgan fingerprint density at radius 3 is 2.62 bits per heavy atom. The Balaban J connectivity index is 1.54. The lowest BCUT2D eigenvalue weighted by Crippen LogP contribution is -2.36. The van der Waals surface area contributed by atoms with Crippen LogP contribution >= 0.6 is 0 Å². The highest BCUT2D eigenvalue weighted by Crippen LogP contribution is 2.18. The third-order valence-electron chi connectivity index (χ3n) is 4.88. The molecule has 1 aromatic carbocycles. The summed E-state index contributed by atoms with van der Waals surface area (Å²) in [6, 6.07) is 12.7. The fraction of sp³-hybridized carbons (Fsp3) is 0.429. The van der Waals surface area contributed by atoms with Crippen molar-refractivity contribution in [3.05, 3.63) is 59.3 Å². The average Bonchev–Trinajstić information content (AvgIpc) is 2.70. The van der Waals surface area contributed by atoms with Crippen molar-refractivity contribution in [2.75, 3.05) is 25.0 Å². The number of guanidine groups is 1. The standard InChI is InChI=1S/C21H29N5/c1-17-8-4-5-9-19(17)16-25-21(22-2)24-15-18-10-11-23-20(14-18)26-12-6-3-7-13-26/h4-5,8-11,14H,3,6-7,12-13,15-16H2,1-2H3,(H2,22,24,25). The number of pyridine rings is 1. The molecule has 1 aromatic heterocycles. The zero-order chi connectivity index (χ0) is 18.2. The topological polar surface area (TPSA) is 52.6 Å². The van der Waals surface area contributed by atoms with Gasteiger partial charge in [-0.25, -0.2) is 4.98 Å². The summed E-state index contributed by atoms with van der Waals surface area (Å²) in [6.07, 6.45) is 5.77. The fourth-order valence-corrected chi connectivity index (χ4v) is 3.26. The van der Waals surface area contributed by atoms with Crippen LogP contribution in [0.25, 0.3) is 0 Å². The highest BCUT2D eigenvalue weighted by atomic mass is 15.2. The lowest BCUT2D eigenvalue weighted by molar-refractivity contribution is 0.573. The largest absolute Gasteiger partial charge is 0.357 e. The predicted molar refractivity (Wildman–Crippen MR) is 109 cm³/mol. The molecule has 2 heterocycles. The molecule has 0 unspecified atom stereocenters. The Hall–Kier alpha value is -2.56. The molecule has 3 rings (SSSR count). The lowest BCUT2D eigenvalue weighted by Gasteiger charge is -2.28. The maximum atomic E-state index is 4.55. The van der Waals surface area contributed by atoms with Crippen molar-refractivity contribution in [1.82, 2.24) is 15.6 Å². The number of anilines is 1. The molecule has 0 spiro atoms. The number of piperidine rings is 1. The van der Waals surface area contributed by atoms with Gasteiger partial charge in [0.05, 0.1) is 0 Å². The highest BCUT2D eigenvalue weighted by Gasteiger charge is 2.12. The van der Waals surface area contributed by atoms with Gasteiger partial charge in [0.2, 0.25) is 0 Å². The van der Waals surface area contributed by atoms with Crippen LogP contribution in [0.1, 0.15) is 36.0 Å². The van der Waals surface area contributed by atoms with E-state index in [1.807, 2.05) is 6.20 Å². The summed E-state index contributed by atoms with van der Waals surface area (Å²) in [6.45, 7) is 5.86. The Morgan fingerprint density at radius 2 is 1.85 bits per heavy atom. The van der Waals surface area contributed by atoms with Gasteiger partial charge in [-0.2, -0.15) is 0 Å². The highest BCUT2D eigenvalue weighted by molar-refractivity contribution is 5.79. The van der Waals surface area contributed by atoms with Crippen LogP contribution in [0.3, 0.4) is 0 Å². The van der Waals surface area contributed by atoms with Gasteiger partial charge in [-0.3, -0.25) is 4.99 Å². The molecule has 26 heavy (non-hydrogen) atoms. The molecule has 5 nitrogen and oxygen atoms in total. The van der Waals surface area contributed by atoms with E-state index < -0.39 is 0 Å². The van der Waals surface area contributed by atoms with E-state index in [1.54, 1.807) is 7.05 Å². The molecule has 138 valence electrons. The third kappa shape index (κ3) is 4.97. The van der Waals surface area contributed by atoms with Gasteiger partial charge in [-0.15, -0.1) is 0 Å². The minimum absolute atomic E-state index is 0.733. The monoisotopic (exact) mass is 351 g/mol. The molecule has 0 radical (unpaired) electrons. The molecule has 1 saturated heterocycles. The van der Waals surface area contributed by atoms with Gasteiger partial charge >= 0.3 is 0 Å². The van der Waals surface area contributed by atoms with Crippen molar-refractivity contribution in [3.63, 3.8) is 0 Å². The zero-order valence-corrected chi connectivity index (χ0v) is 15.8. The van der Waals surface area contributed by atoms with Crippen molar-refractivity contribution < 1.29 is 0 Å². The van der Waals surface area contributed by atoms with E-state index in [-0.39, 0.29) is 0 Å². The predicted octanol–water partition coefficient (Wildman–Crippen LogP) is 3.25. The van der Waals surface area contributed by atoms with E-state index in [4.69, 9.17) is 0 Å². The van der Waals surface area contributed by atoms with Gasteiger partial charge in [-0.1, -0.05) is 24.3 Å². The van der Waals surface area contributed by atoms with Crippen LogP contribution in [-0.2, 0) is 13.1 Å². The molecule has 5 heteroatoms. The van der Waals surface area contributed by atoms with Gasteiger partial charge in [0, 0.05) is 39.4 Å². The van der Waals surface area contributed by atoms with E-state index in [0.29, 0.717) is 0 Å². The van der Waals surface area contributed by atoms with Gasteiger partial charge in [0.25, 0.3) is 0 Å². The first-order valence-corrected chi connectivity index (χ1v) is 9.45. The summed E-state index contributed by atoms with van der Waals surface area (Å²) in [5, 5.41) is 6.79. The van der Waals surface area contributed by atoms with Crippen LogP contribution in [0, 0.1) is 6.92 Å². The van der Waals surface area contributed by atoms with Crippen LogP contribution in [0.4, 0.5) is 5.82 Å². The molecule has 2 aromatic rings. The number of aliphatic imine (C=N–C) groups is 1. The second-order valence-corrected chi connectivity index (χ2v) is 6.78. The minimum atomic E-state index is 0.733. The molecule has 0 atom stereocenters. The quantitative estimate of drug-likeness (QED) is 0.641. The van der Waals surface area contributed by atoms with Crippen LogP contribution in [-0.4, -0.2) is 31.1 Å². The summed E-state index contributed by atoms with van der Waals surface area (Å²) < 4.78 is 0. The van der Waals surface area contributed by atoms with E-state index in [2.05, 4.69) is 68.8 Å². The van der Waals surface area contributed by atoms with E-state index in [9.17, 15) is 0 Å². The Morgan fingerprint density at radius 1 is 1.08 bits per heavy atom. The molecular weight excluding hydrogens is 322 g/mol. The maximum Gasteiger partial charge on any atom is 0.191 e. The van der Waals surface area contributed by atoms with Crippen LogP contribution in [0.2, 0.25) is 0 Å². The number of aryl methyl sites for hydroxylation is 1. The molecule has 1 fully saturated rings. The lowest BCUT2D eigenvalue weighted by atomic mass is 10.1. The average molecular weight is 351 g/mol. The number of aromatic nitrogens is 1. The van der Waals surface area contributed by atoms with Gasteiger partial charge in [0.15, 0.2) is 5.96 Å². The minimum Gasteiger partial charge on any atom is -0.357 e.